The topological polar surface area (TPSA) is 39.2 Å². The maximum absolute atomic E-state index is 6.24. The molecule has 0 aliphatic heterocycles. The molecule has 0 fully saturated rings. The van der Waals surface area contributed by atoms with Crippen LogP contribution in [0.2, 0.25) is 5.02 Å². The highest BCUT2D eigenvalue weighted by Crippen LogP contribution is 2.30. The number of rotatable bonds is 2. The van der Waals surface area contributed by atoms with Crippen molar-refractivity contribution in [1.82, 2.24) is 0 Å². The summed E-state index contributed by atoms with van der Waals surface area (Å²) in [6, 6.07) is 15.5. The maximum atomic E-state index is 6.24. The smallest absolute Gasteiger partial charge is 0.152 e. The van der Waals surface area contributed by atoms with Crippen LogP contribution in [0.15, 0.2) is 52.9 Å². The molecular weight excluding hydrogens is 373 g/mol. The van der Waals surface area contributed by atoms with Gasteiger partial charge < -0.3 is 10.2 Å². The first-order valence-electron chi connectivity index (χ1n) is 5.84. The minimum absolute atomic E-state index is 0.277. The quantitative estimate of drug-likeness (QED) is 0.649. The summed E-state index contributed by atoms with van der Waals surface area (Å²) < 4.78 is 6.97. The zero-order valence-corrected chi connectivity index (χ0v) is 12.9. The number of nitrogens with two attached hydrogens (primary N) is 1. The second-order valence-electron chi connectivity index (χ2n) is 4.34. The SMILES string of the molecule is NC(c1ccc(I)cc1)c1cc2cccc(Cl)c2o1. The third kappa shape index (κ3) is 2.50. The Bertz CT molecular complexity index is 721. The summed E-state index contributed by atoms with van der Waals surface area (Å²) in [6.45, 7) is 0. The van der Waals surface area contributed by atoms with Gasteiger partial charge >= 0.3 is 0 Å². The second kappa shape index (κ2) is 5.15. The number of hydrogen-bond donors (Lipinski definition) is 1. The van der Waals surface area contributed by atoms with Crippen molar-refractivity contribution in [2.24, 2.45) is 5.73 Å². The molecule has 0 radical (unpaired) electrons. The van der Waals surface area contributed by atoms with Gasteiger partial charge in [0.05, 0.1) is 11.1 Å². The molecule has 2 nitrogen and oxygen atoms in total. The van der Waals surface area contributed by atoms with Crippen LogP contribution in [-0.4, -0.2) is 0 Å². The largest absolute Gasteiger partial charge is 0.457 e. The molecule has 19 heavy (non-hydrogen) atoms. The van der Waals surface area contributed by atoms with E-state index in [2.05, 4.69) is 22.6 Å². The molecule has 0 bridgehead atoms. The van der Waals surface area contributed by atoms with Crippen LogP contribution in [0.1, 0.15) is 17.4 Å². The molecule has 1 aromatic heterocycles. The van der Waals surface area contributed by atoms with Gasteiger partial charge in [0.2, 0.25) is 0 Å². The average molecular weight is 384 g/mol. The Labute approximate surface area is 129 Å². The molecule has 4 heteroatoms. The monoisotopic (exact) mass is 383 g/mol. The Kier molecular flexibility index (Phi) is 3.52. The van der Waals surface area contributed by atoms with Crippen LogP contribution in [0.25, 0.3) is 11.0 Å². The molecule has 0 amide bonds. The van der Waals surface area contributed by atoms with Gasteiger partial charge in [-0.2, -0.15) is 0 Å². The molecule has 3 aromatic rings. The van der Waals surface area contributed by atoms with E-state index in [9.17, 15) is 0 Å². The van der Waals surface area contributed by atoms with Crippen molar-refractivity contribution in [3.05, 3.63) is 68.4 Å². The van der Waals surface area contributed by atoms with Gasteiger partial charge in [-0.05, 0) is 52.4 Å². The molecule has 2 aromatic carbocycles. The molecular formula is C15H11ClINO. The van der Waals surface area contributed by atoms with Crippen molar-refractivity contribution in [2.45, 2.75) is 6.04 Å². The highest BCUT2D eigenvalue weighted by atomic mass is 127. The van der Waals surface area contributed by atoms with E-state index in [0.29, 0.717) is 10.6 Å². The van der Waals surface area contributed by atoms with Gasteiger partial charge in [0.15, 0.2) is 5.58 Å². The zero-order valence-electron chi connectivity index (χ0n) is 9.94. The standard InChI is InChI=1S/C15H11ClINO/c16-12-3-1-2-10-8-13(19-15(10)12)14(18)9-4-6-11(17)7-5-9/h1-8,14H,18H2. The molecule has 0 saturated carbocycles. The second-order valence-corrected chi connectivity index (χ2v) is 5.99. The van der Waals surface area contributed by atoms with E-state index in [1.54, 1.807) is 0 Å². The fraction of sp³-hybridized carbons (Fsp3) is 0.0667. The number of hydrogen-bond acceptors (Lipinski definition) is 2. The summed E-state index contributed by atoms with van der Waals surface area (Å²) in [4.78, 5) is 0. The van der Waals surface area contributed by atoms with Crippen molar-refractivity contribution >= 4 is 45.2 Å². The van der Waals surface area contributed by atoms with Crippen LogP contribution in [0.3, 0.4) is 0 Å². The van der Waals surface area contributed by atoms with E-state index in [1.165, 1.54) is 3.57 Å². The predicted molar refractivity (Wildman–Crippen MR) is 86.4 cm³/mol. The summed E-state index contributed by atoms with van der Waals surface area (Å²) in [5.41, 5.74) is 7.96. The van der Waals surface area contributed by atoms with Gasteiger partial charge in [-0.3, -0.25) is 0 Å². The average Bonchev–Trinajstić information content (AvgIpc) is 2.84. The van der Waals surface area contributed by atoms with Crippen LogP contribution >= 0.6 is 34.2 Å². The molecule has 96 valence electrons. The number of para-hydroxylation sites is 1. The number of benzene rings is 2. The minimum Gasteiger partial charge on any atom is -0.457 e. The first-order valence-corrected chi connectivity index (χ1v) is 7.30. The fourth-order valence-electron chi connectivity index (χ4n) is 2.04. The van der Waals surface area contributed by atoms with Gasteiger partial charge in [-0.15, -0.1) is 0 Å². The number of fused-ring (bicyclic) bond motifs is 1. The third-order valence-electron chi connectivity index (χ3n) is 3.05. The Balaban J connectivity index is 2.04. The van der Waals surface area contributed by atoms with Crippen molar-refractivity contribution in [1.29, 1.82) is 0 Å². The Morgan fingerprint density at radius 1 is 1.11 bits per heavy atom. The van der Waals surface area contributed by atoms with Crippen LogP contribution < -0.4 is 5.73 Å². The van der Waals surface area contributed by atoms with Gasteiger partial charge in [0.25, 0.3) is 0 Å². The van der Waals surface area contributed by atoms with E-state index in [4.69, 9.17) is 21.8 Å². The molecule has 1 heterocycles. The lowest BCUT2D eigenvalue weighted by atomic mass is 10.1. The third-order valence-corrected chi connectivity index (χ3v) is 4.07. The maximum Gasteiger partial charge on any atom is 0.152 e. The lowest BCUT2D eigenvalue weighted by Gasteiger charge is -2.08. The lowest BCUT2D eigenvalue weighted by Crippen LogP contribution is -2.10. The predicted octanol–water partition coefficient (Wildman–Crippen LogP) is 4.74. The Morgan fingerprint density at radius 3 is 2.53 bits per heavy atom. The van der Waals surface area contributed by atoms with Gasteiger partial charge in [0, 0.05) is 8.96 Å². The van der Waals surface area contributed by atoms with Crippen molar-refractivity contribution in [2.75, 3.05) is 0 Å². The Hall–Kier alpha value is -1.04. The van der Waals surface area contributed by atoms with Gasteiger partial charge in [-0.25, -0.2) is 0 Å². The highest BCUT2D eigenvalue weighted by Gasteiger charge is 2.15. The van der Waals surface area contributed by atoms with Crippen LogP contribution in [-0.2, 0) is 0 Å². The van der Waals surface area contributed by atoms with E-state index in [0.717, 1.165) is 16.7 Å². The molecule has 1 atom stereocenters. The number of halogens is 2. The molecule has 0 spiro atoms. The van der Waals surface area contributed by atoms with Crippen LogP contribution in [0, 0.1) is 3.57 Å². The van der Waals surface area contributed by atoms with Crippen LogP contribution in [0.4, 0.5) is 0 Å². The molecule has 2 N–H and O–H groups in total. The van der Waals surface area contributed by atoms with Gasteiger partial charge in [-0.1, -0.05) is 35.9 Å². The lowest BCUT2D eigenvalue weighted by molar-refractivity contribution is 0.525. The molecule has 1 unspecified atom stereocenters. The summed E-state index contributed by atoms with van der Waals surface area (Å²) in [6.07, 6.45) is 0. The number of furan rings is 1. The normalized spacial score (nSPS) is 12.8. The summed E-state index contributed by atoms with van der Waals surface area (Å²) in [5, 5.41) is 1.59. The zero-order chi connectivity index (χ0) is 13.4. The van der Waals surface area contributed by atoms with E-state index < -0.39 is 0 Å². The first-order chi connectivity index (χ1) is 9.15. The molecule has 0 aliphatic rings. The van der Waals surface area contributed by atoms with Gasteiger partial charge in [0.1, 0.15) is 5.76 Å². The van der Waals surface area contributed by atoms with Crippen molar-refractivity contribution in [3.8, 4) is 0 Å². The first kappa shape index (κ1) is 13.0. The minimum atomic E-state index is -0.277. The van der Waals surface area contributed by atoms with E-state index >= 15 is 0 Å². The van der Waals surface area contributed by atoms with E-state index in [-0.39, 0.29) is 6.04 Å². The molecule has 0 saturated heterocycles. The fourth-order valence-corrected chi connectivity index (χ4v) is 2.62. The van der Waals surface area contributed by atoms with Crippen molar-refractivity contribution < 1.29 is 4.42 Å². The summed E-state index contributed by atoms with van der Waals surface area (Å²) in [7, 11) is 0. The summed E-state index contributed by atoms with van der Waals surface area (Å²) in [5.74, 6) is 0.726. The molecule has 3 rings (SSSR count). The highest BCUT2D eigenvalue weighted by molar-refractivity contribution is 14.1. The Morgan fingerprint density at radius 2 is 1.84 bits per heavy atom. The van der Waals surface area contributed by atoms with Crippen LogP contribution in [0.5, 0.6) is 0 Å². The summed E-state index contributed by atoms with van der Waals surface area (Å²) >= 11 is 8.37. The molecule has 0 aliphatic carbocycles. The van der Waals surface area contributed by atoms with E-state index in [1.807, 2.05) is 48.5 Å². The van der Waals surface area contributed by atoms with Crippen molar-refractivity contribution in [3.63, 3.8) is 0 Å².